The number of aryl methyl sites for hydroxylation is 1. The van der Waals surface area contributed by atoms with Gasteiger partial charge in [-0.1, -0.05) is 41.9 Å². The van der Waals surface area contributed by atoms with Gasteiger partial charge in [-0.05, 0) is 47.9 Å². The average Bonchev–Trinajstić information content (AvgIpc) is 3.22. The fraction of sp³-hybridized carbons (Fsp3) is 0.200. The molecule has 5 nitrogen and oxygen atoms in total. The van der Waals surface area contributed by atoms with Crippen LogP contribution in [0.1, 0.15) is 17.5 Å². The van der Waals surface area contributed by atoms with Crippen LogP contribution in [0.4, 0.5) is 4.79 Å². The predicted molar refractivity (Wildman–Crippen MR) is 105 cm³/mol. The minimum Gasteiger partial charge on any atom is -0.454 e. The summed E-state index contributed by atoms with van der Waals surface area (Å²) in [7, 11) is 0. The van der Waals surface area contributed by atoms with Crippen molar-refractivity contribution in [1.29, 1.82) is 0 Å². The first-order valence-electron chi connectivity index (χ1n) is 8.50. The molecule has 2 heterocycles. The van der Waals surface area contributed by atoms with Gasteiger partial charge in [0.25, 0.3) is 11.1 Å². The molecule has 4 rings (SSSR count). The number of hydrogen-bond acceptors (Lipinski definition) is 5. The molecule has 0 unspecified atom stereocenters. The number of halogens is 1. The summed E-state index contributed by atoms with van der Waals surface area (Å²) in [6.07, 6.45) is 3.17. The van der Waals surface area contributed by atoms with Crippen molar-refractivity contribution in [1.82, 2.24) is 4.90 Å². The monoisotopic (exact) mass is 401 g/mol. The molecule has 0 atom stereocenters. The highest BCUT2D eigenvalue weighted by Gasteiger charge is 2.34. The molecule has 2 aliphatic rings. The molecule has 0 aliphatic carbocycles. The zero-order chi connectivity index (χ0) is 18.8. The van der Waals surface area contributed by atoms with E-state index in [-0.39, 0.29) is 17.9 Å². The fourth-order valence-corrected chi connectivity index (χ4v) is 4.03. The Morgan fingerprint density at radius 3 is 2.63 bits per heavy atom. The number of fused-ring (bicyclic) bond motifs is 1. The lowest BCUT2D eigenvalue weighted by atomic mass is 10.1. The minimum atomic E-state index is -0.285. The molecule has 2 amide bonds. The summed E-state index contributed by atoms with van der Waals surface area (Å²) >= 11 is 7.19. The second kappa shape index (κ2) is 7.66. The topological polar surface area (TPSA) is 55.8 Å². The molecule has 138 valence electrons. The standard InChI is InChI=1S/C20H16ClNO4S/c21-15-11-17-16(25-12-26-17)9-14(15)10-18-19(23)22(20(24)27-18)8-4-7-13-5-2-1-3-6-13/h1-3,5-6,9-11H,4,7-8,12H2/b18-10+. The minimum absolute atomic E-state index is 0.146. The number of nitrogens with zero attached hydrogens (tertiary/aromatic N) is 1. The second-order valence-corrected chi connectivity index (χ2v) is 7.55. The first-order chi connectivity index (χ1) is 13.1. The normalized spacial score (nSPS) is 17.2. The van der Waals surface area contributed by atoms with Crippen LogP contribution >= 0.6 is 23.4 Å². The molecule has 0 saturated carbocycles. The summed E-state index contributed by atoms with van der Waals surface area (Å²) in [5.74, 6) is 0.866. The van der Waals surface area contributed by atoms with Gasteiger partial charge in [-0.15, -0.1) is 0 Å². The Hall–Kier alpha value is -2.44. The molecule has 0 bridgehead atoms. The summed E-state index contributed by atoms with van der Waals surface area (Å²) in [5, 5.41) is 0.186. The highest BCUT2D eigenvalue weighted by Crippen LogP contribution is 2.39. The Balaban J connectivity index is 1.45. The van der Waals surface area contributed by atoms with Gasteiger partial charge in [-0.25, -0.2) is 0 Å². The van der Waals surface area contributed by atoms with E-state index >= 15 is 0 Å². The van der Waals surface area contributed by atoms with Crippen molar-refractivity contribution in [2.75, 3.05) is 13.3 Å². The summed E-state index contributed by atoms with van der Waals surface area (Å²) in [6, 6.07) is 13.4. The third kappa shape index (κ3) is 3.82. The quantitative estimate of drug-likeness (QED) is 0.677. The van der Waals surface area contributed by atoms with E-state index in [0.717, 1.165) is 24.6 Å². The first-order valence-corrected chi connectivity index (χ1v) is 9.70. The number of hydrogen-bond donors (Lipinski definition) is 0. The fourth-order valence-electron chi connectivity index (χ4n) is 2.96. The number of benzene rings is 2. The largest absolute Gasteiger partial charge is 0.454 e. The molecule has 1 fully saturated rings. The Morgan fingerprint density at radius 1 is 1.11 bits per heavy atom. The maximum absolute atomic E-state index is 12.6. The zero-order valence-corrected chi connectivity index (χ0v) is 15.9. The van der Waals surface area contributed by atoms with Gasteiger partial charge in [-0.2, -0.15) is 0 Å². The van der Waals surface area contributed by atoms with Crippen LogP contribution in [0.15, 0.2) is 47.4 Å². The lowest BCUT2D eigenvalue weighted by Crippen LogP contribution is -2.29. The first kappa shape index (κ1) is 17.9. The van der Waals surface area contributed by atoms with E-state index in [1.165, 1.54) is 10.5 Å². The van der Waals surface area contributed by atoms with Gasteiger partial charge in [0.2, 0.25) is 6.79 Å². The molecule has 7 heteroatoms. The van der Waals surface area contributed by atoms with E-state index in [4.69, 9.17) is 21.1 Å². The zero-order valence-electron chi connectivity index (χ0n) is 14.3. The van der Waals surface area contributed by atoms with Gasteiger partial charge in [0, 0.05) is 12.6 Å². The van der Waals surface area contributed by atoms with Gasteiger partial charge in [0.1, 0.15) is 0 Å². The number of ether oxygens (including phenoxy) is 2. The van der Waals surface area contributed by atoms with Crippen LogP contribution in [-0.4, -0.2) is 29.4 Å². The van der Waals surface area contributed by atoms with Crippen molar-refractivity contribution >= 4 is 40.6 Å². The van der Waals surface area contributed by atoms with E-state index < -0.39 is 0 Å². The van der Waals surface area contributed by atoms with Gasteiger partial charge >= 0.3 is 0 Å². The van der Waals surface area contributed by atoms with Gasteiger partial charge < -0.3 is 9.47 Å². The van der Waals surface area contributed by atoms with Crippen molar-refractivity contribution in [2.45, 2.75) is 12.8 Å². The molecule has 27 heavy (non-hydrogen) atoms. The number of carbonyl (C=O) groups is 2. The maximum Gasteiger partial charge on any atom is 0.293 e. The van der Waals surface area contributed by atoms with Crippen LogP contribution in [-0.2, 0) is 11.2 Å². The van der Waals surface area contributed by atoms with Crippen LogP contribution < -0.4 is 9.47 Å². The highest BCUT2D eigenvalue weighted by atomic mass is 35.5. The molecule has 2 aliphatic heterocycles. The smallest absolute Gasteiger partial charge is 0.293 e. The molecule has 0 spiro atoms. The van der Waals surface area contributed by atoms with Crippen molar-refractivity contribution in [3.05, 3.63) is 63.5 Å². The summed E-state index contributed by atoms with van der Waals surface area (Å²) in [6.45, 7) is 0.540. The molecular formula is C20H16ClNO4S. The Bertz CT molecular complexity index is 929. The molecule has 0 aromatic heterocycles. The number of rotatable bonds is 5. The summed E-state index contributed by atoms with van der Waals surface area (Å²) < 4.78 is 10.6. The SMILES string of the molecule is O=C1S/C(=C/c2cc3c(cc2Cl)OCO3)C(=O)N1CCCc1ccccc1. The molecule has 1 saturated heterocycles. The molecular weight excluding hydrogens is 386 g/mol. The van der Waals surface area contributed by atoms with Crippen LogP contribution in [0.5, 0.6) is 11.5 Å². The van der Waals surface area contributed by atoms with E-state index in [1.54, 1.807) is 18.2 Å². The lowest BCUT2D eigenvalue weighted by molar-refractivity contribution is -0.122. The van der Waals surface area contributed by atoms with E-state index in [1.807, 2.05) is 30.3 Å². The van der Waals surface area contributed by atoms with E-state index in [9.17, 15) is 9.59 Å². The average molecular weight is 402 g/mol. The highest BCUT2D eigenvalue weighted by molar-refractivity contribution is 8.18. The van der Waals surface area contributed by atoms with Gasteiger partial charge in [0.05, 0.1) is 9.93 Å². The summed E-state index contributed by atoms with van der Waals surface area (Å²) in [5.41, 5.74) is 1.81. The molecule has 0 N–H and O–H groups in total. The third-order valence-corrected chi connectivity index (χ3v) is 5.58. The van der Waals surface area contributed by atoms with Crippen molar-refractivity contribution in [2.24, 2.45) is 0 Å². The predicted octanol–water partition coefficient (Wildman–Crippen LogP) is 4.74. The van der Waals surface area contributed by atoms with Crippen LogP contribution in [0.25, 0.3) is 6.08 Å². The molecule has 2 aromatic rings. The van der Waals surface area contributed by atoms with Gasteiger partial charge in [0.15, 0.2) is 11.5 Å². The number of carbonyl (C=O) groups excluding carboxylic acids is 2. The second-order valence-electron chi connectivity index (χ2n) is 6.15. The van der Waals surface area contributed by atoms with E-state index in [2.05, 4.69) is 0 Å². The van der Waals surface area contributed by atoms with Gasteiger partial charge in [-0.3, -0.25) is 14.5 Å². The Morgan fingerprint density at radius 2 is 1.85 bits per heavy atom. The van der Waals surface area contributed by atoms with Crippen LogP contribution in [0.2, 0.25) is 5.02 Å². The molecule has 2 aromatic carbocycles. The van der Waals surface area contributed by atoms with Crippen molar-refractivity contribution in [3.63, 3.8) is 0 Å². The Labute approximate surface area is 165 Å². The third-order valence-electron chi connectivity index (χ3n) is 4.34. The van der Waals surface area contributed by atoms with Crippen LogP contribution in [0, 0.1) is 0 Å². The summed E-state index contributed by atoms with van der Waals surface area (Å²) in [4.78, 5) is 26.5. The lowest BCUT2D eigenvalue weighted by Gasteiger charge is -2.12. The van der Waals surface area contributed by atoms with Crippen molar-refractivity contribution < 1.29 is 19.1 Å². The van der Waals surface area contributed by atoms with Crippen molar-refractivity contribution in [3.8, 4) is 11.5 Å². The van der Waals surface area contributed by atoms with Crippen LogP contribution in [0.3, 0.4) is 0 Å². The number of imide groups is 1. The maximum atomic E-state index is 12.6. The number of amides is 2. The number of thioether (sulfide) groups is 1. The Kier molecular flexibility index (Phi) is 5.09. The molecule has 0 radical (unpaired) electrons. The van der Waals surface area contributed by atoms with E-state index in [0.29, 0.717) is 33.5 Å².